The molecule has 0 saturated carbocycles. The first-order chi connectivity index (χ1) is 5.20. The van der Waals surface area contributed by atoms with Crippen LogP contribution in [0.15, 0.2) is 0 Å². The Bertz CT molecular complexity index is 117. The number of rotatable bonds is 5. The van der Waals surface area contributed by atoms with E-state index in [0.29, 0.717) is 12.5 Å². The Morgan fingerprint density at radius 3 is 2.73 bits per heavy atom. The van der Waals surface area contributed by atoms with Crippen molar-refractivity contribution in [3.05, 3.63) is 0 Å². The molecule has 0 bridgehead atoms. The average molecular weight is 222 g/mol. The van der Waals surface area contributed by atoms with Crippen molar-refractivity contribution in [2.75, 3.05) is 5.33 Å². The SMILES string of the molecule is CCCC(=O)NC(C)CCBr. The van der Waals surface area contributed by atoms with Crippen LogP contribution in [0.25, 0.3) is 0 Å². The van der Waals surface area contributed by atoms with Gasteiger partial charge in [0.05, 0.1) is 0 Å². The number of carbonyl (C=O) groups is 1. The highest BCUT2D eigenvalue weighted by molar-refractivity contribution is 9.09. The van der Waals surface area contributed by atoms with Gasteiger partial charge in [0, 0.05) is 17.8 Å². The lowest BCUT2D eigenvalue weighted by Gasteiger charge is -2.11. The first-order valence-electron chi connectivity index (χ1n) is 4.06. The molecule has 1 amide bonds. The van der Waals surface area contributed by atoms with Crippen LogP contribution in [0.2, 0.25) is 0 Å². The van der Waals surface area contributed by atoms with Gasteiger partial charge in [-0.1, -0.05) is 22.9 Å². The van der Waals surface area contributed by atoms with Crippen molar-refractivity contribution < 1.29 is 4.79 Å². The third kappa shape index (κ3) is 6.35. The third-order valence-electron chi connectivity index (χ3n) is 1.43. The van der Waals surface area contributed by atoms with Gasteiger partial charge < -0.3 is 5.32 Å². The molecule has 0 fully saturated rings. The summed E-state index contributed by atoms with van der Waals surface area (Å²) in [5, 5.41) is 3.86. The van der Waals surface area contributed by atoms with Crippen LogP contribution >= 0.6 is 15.9 Å². The van der Waals surface area contributed by atoms with Crippen LogP contribution in [0.4, 0.5) is 0 Å². The van der Waals surface area contributed by atoms with Crippen LogP contribution < -0.4 is 5.32 Å². The second-order valence-corrected chi connectivity index (χ2v) is 3.49. The molecule has 11 heavy (non-hydrogen) atoms. The van der Waals surface area contributed by atoms with E-state index in [4.69, 9.17) is 0 Å². The summed E-state index contributed by atoms with van der Waals surface area (Å²) in [4.78, 5) is 11.0. The second kappa shape index (κ2) is 6.65. The van der Waals surface area contributed by atoms with Crippen molar-refractivity contribution >= 4 is 21.8 Å². The minimum atomic E-state index is 0.168. The Labute approximate surface area is 76.9 Å². The van der Waals surface area contributed by atoms with E-state index in [1.165, 1.54) is 0 Å². The number of amides is 1. The Morgan fingerprint density at radius 2 is 2.27 bits per heavy atom. The van der Waals surface area contributed by atoms with E-state index in [1.54, 1.807) is 0 Å². The van der Waals surface area contributed by atoms with Crippen molar-refractivity contribution in [3.63, 3.8) is 0 Å². The molecule has 0 aliphatic heterocycles. The maximum absolute atomic E-state index is 11.0. The summed E-state index contributed by atoms with van der Waals surface area (Å²) in [5.41, 5.74) is 0. The van der Waals surface area contributed by atoms with Crippen molar-refractivity contribution in [2.24, 2.45) is 0 Å². The molecule has 1 atom stereocenters. The summed E-state index contributed by atoms with van der Waals surface area (Å²) in [5.74, 6) is 0.168. The Hall–Kier alpha value is -0.0500. The van der Waals surface area contributed by atoms with Crippen molar-refractivity contribution in [1.29, 1.82) is 0 Å². The van der Waals surface area contributed by atoms with Crippen LogP contribution in [-0.2, 0) is 4.79 Å². The second-order valence-electron chi connectivity index (χ2n) is 2.70. The van der Waals surface area contributed by atoms with Gasteiger partial charge in [-0.25, -0.2) is 0 Å². The van der Waals surface area contributed by atoms with E-state index in [2.05, 4.69) is 21.2 Å². The monoisotopic (exact) mass is 221 g/mol. The predicted molar refractivity (Wildman–Crippen MR) is 50.9 cm³/mol. The van der Waals surface area contributed by atoms with Gasteiger partial charge in [0.25, 0.3) is 0 Å². The molecule has 2 nitrogen and oxygen atoms in total. The molecule has 0 spiro atoms. The molecule has 1 N–H and O–H groups in total. The zero-order chi connectivity index (χ0) is 8.69. The maximum atomic E-state index is 11.0. The van der Waals surface area contributed by atoms with Crippen LogP contribution in [0.5, 0.6) is 0 Å². The van der Waals surface area contributed by atoms with Gasteiger partial charge in [0.2, 0.25) is 5.91 Å². The molecule has 0 heterocycles. The van der Waals surface area contributed by atoms with E-state index in [0.717, 1.165) is 18.2 Å². The molecular weight excluding hydrogens is 206 g/mol. The fraction of sp³-hybridized carbons (Fsp3) is 0.875. The van der Waals surface area contributed by atoms with E-state index >= 15 is 0 Å². The molecule has 0 rings (SSSR count). The number of hydrogen-bond acceptors (Lipinski definition) is 1. The molecule has 0 aromatic rings. The first kappa shape index (κ1) is 11.0. The molecule has 0 aromatic heterocycles. The number of halogens is 1. The molecular formula is C8H16BrNO. The van der Waals surface area contributed by atoms with Crippen LogP contribution in [0, 0.1) is 0 Å². The molecule has 0 aliphatic rings. The minimum absolute atomic E-state index is 0.168. The van der Waals surface area contributed by atoms with Gasteiger partial charge in [-0.05, 0) is 19.8 Å². The zero-order valence-electron chi connectivity index (χ0n) is 7.19. The lowest BCUT2D eigenvalue weighted by atomic mass is 10.2. The fourth-order valence-electron chi connectivity index (χ4n) is 0.810. The molecule has 1 unspecified atom stereocenters. The van der Waals surface area contributed by atoms with Gasteiger partial charge in [0.15, 0.2) is 0 Å². The van der Waals surface area contributed by atoms with Crippen molar-refractivity contribution in [3.8, 4) is 0 Å². The summed E-state index contributed by atoms with van der Waals surface area (Å²) in [7, 11) is 0. The van der Waals surface area contributed by atoms with Gasteiger partial charge in [-0.15, -0.1) is 0 Å². The largest absolute Gasteiger partial charge is 0.354 e. The summed E-state index contributed by atoms with van der Waals surface area (Å²) < 4.78 is 0. The van der Waals surface area contributed by atoms with Crippen LogP contribution in [0.3, 0.4) is 0 Å². The summed E-state index contributed by atoms with van der Waals surface area (Å²) in [6.07, 6.45) is 2.56. The summed E-state index contributed by atoms with van der Waals surface area (Å²) >= 11 is 3.33. The Morgan fingerprint density at radius 1 is 1.64 bits per heavy atom. The quantitative estimate of drug-likeness (QED) is 0.709. The highest BCUT2D eigenvalue weighted by Gasteiger charge is 2.04. The maximum Gasteiger partial charge on any atom is 0.220 e. The lowest BCUT2D eigenvalue weighted by Crippen LogP contribution is -2.32. The Kier molecular flexibility index (Phi) is 6.62. The molecule has 0 aromatic carbocycles. The molecule has 0 saturated heterocycles. The Balaban J connectivity index is 3.40. The van der Waals surface area contributed by atoms with Crippen LogP contribution in [0.1, 0.15) is 33.1 Å². The minimum Gasteiger partial charge on any atom is -0.354 e. The molecule has 3 heteroatoms. The smallest absolute Gasteiger partial charge is 0.220 e. The van der Waals surface area contributed by atoms with Crippen LogP contribution in [-0.4, -0.2) is 17.3 Å². The zero-order valence-corrected chi connectivity index (χ0v) is 8.78. The van der Waals surface area contributed by atoms with E-state index in [-0.39, 0.29) is 5.91 Å². The molecule has 0 radical (unpaired) electrons. The summed E-state index contributed by atoms with van der Waals surface area (Å²) in [6, 6.07) is 0.299. The predicted octanol–water partition coefficient (Wildman–Crippen LogP) is 2.08. The highest BCUT2D eigenvalue weighted by Crippen LogP contribution is 1.96. The van der Waals surface area contributed by atoms with E-state index in [9.17, 15) is 4.79 Å². The topological polar surface area (TPSA) is 29.1 Å². The third-order valence-corrected chi connectivity index (χ3v) is 1.88. The number of hydrogen-bond donors (Lipinski definition) is 1. The van der Waals surface area contributed by atoms with Crippen molar-refractivity contribution in [2.45, 2.75) is 39.2 Å². The number of alkyl halides is 1. The van der Waals surface area contributed by atoms with Gasteiger partial charge in [-0.2, -0.15) is 0 Å². The van der Waals surface area contributed by atoms with Gasteiger partial charge in [0.1, 0.15) is 0 Å². The lowest BCUT2D eigenvalue weighted by molar-refractivity contribution is -0.121. The normalized spacial score (nSPS) is 12.6. The van der Waals surface area contributed by atoms with E-state index in [1.807, 2.05) is 13.8 Å². The number of nitrogens with one attached hydrogen (secondary N) is 1. The molecule has 66 valence electrons. The van der Waals surface area contributed by atoms with Crippen molar-refractivity contribution in [1.82, 2.24) is 5.32 Å². The molecule has 0 aliphatic carbocycles. The van der Waals surface area contributed by atoms with Gasteiger partial charge in [-0.3, -0.25) is 4.79 Å². The summed E-state index contributed by atoms with van der Waals surface area (Å²) in [6.45, 7) is 4.03. The fourth-order valence-corrected chi connectivity index (χ4v) is 1.50. The van der Waals surface area contributed by atoms with Gasteiger partial charge >= 0.3 is 0 Å². The van der Waals surface area contributed by atoms with E-state index < -0.39 is 0 Å². The standard InChI is InChI=1S/C8H16BrNO/c1-3-4-8(11)10-7(2)5-6-9/h7H,3-6H2,1-2H3,(H,10,11). The first-order valence-corrected chi connectivity index (χ1v) is 5.18. The number of carbonyl (C=O) groups excluding carboxylic acids is 1. The average Bonchev–Trinajstić information content (AvgIpc) is 1.87. The highest BCUT2D eigenvalue weighted by atomic mass is 79.9.